The molecule has 5 heteroatoms. The monoisotopic (exact) mass is 260 g/mol. The Balaban J connectivity index is 2.42. The minimum absolute atomic E-state index is 0.403. The van der Waals surface area contributed by atoms with Crippen molar-refractivity contribution in [2.45, 2.75) is 38.1 Å². The highest BCUT2D eigenvalue weighted by Crippen LogP contribution is 2.39. The van der Waals surface area contributed by atoms with Crippen molar-refractivity contribution < 1.29 is 23.0 Å². The van der Waals surface area contributed by atoms with Crippen molar-refractivity contribution in [3.05, 3.63) is 34.9 Å². The molecule has 0 spiro atoms. The highest BCUT2D eigenvalue weighted by atomic mass is 19.4. The van der Waals surface area contributed by atoms with Crippen LogP contribution in [0.5, 0.6) is 0 Å². The molecular formula is C13H15F3O2. The van der Waals surface area contributed by atoms with Gasteiger partial charge >= 0.3 is 6.18 Å². The maximum absolute atomic E-state index is 12.6. The van der Waals surface area contributed by atoms with E-state index in [0.29, 0.717) is 24.2 Å². The van der Waals surface area contributed by atoms with E-state index in [1.54, 1.807) is 13.8 Å². The molecule has 1 aromatic carbocycles. The summed E-state index contributed by atoms with van der Waals surface area (Å²) in [7, 11) is 0. The Morgan fingerprint density at radius 2 is 2.06 bits per heavy atom. The Kier molecular flexibility index (Phi) is 3.15. The highest BCUT2D eigenvalue weighted by Gasteiger charge is 2.42. The maximum Gasteiger partial charge on any atom is 0.416 e. The van der Waals surface area contributed by atoms with Crippen molar-refractivity contribution in [2.75, 3.05) is 6.61 Å². The SMILES string of the molecule is Cc1cc(C(F)(F)F)ccc1C1(O)CCOC1C. The lowest BCUT2D eigenvalue weighted by atomic mass is 9.84. The average Bonchev–Trinajstić information content (AvgIpc) is 2.58. The van der Waals surface area contributed by atoms with E-state index in [1.807, 2.05) is 0 Å². The third kappa shape index (κ3) is 2.12. The second-order valence-corrected chi connectivity index (χ2v) is 4.71. The second kappa shape index (κ2) is 4.24. The van der Waals surface area contributed by atoms with E-state index >= 15 is 0 Å². The third-order valence-electron chi connectivity index (χ3n) is 3.54. The van der Waals surface area contributed by atoms with Crippen molar-refractivity contribution in [1.82, 2.24) is 0 Å². The predicted molar refractivity (Wildman–Crippen MR) is 60.1 cm³/mol. The number of rotatable bonds is 1. The minimum atomic E-state index is -4.36. The van der Waals surface area contributed by atoms with Crippen LogP contribution < -0.4 is 0 Å². The molecule has 100 valence electrons. The molecule has 18 heavy (non-hydrogen) atoms. The van der Waals surface area contributed by atoms with Gasteiger partial charge in [-0.1, -0.05) is 6.07 Å². The zero-order valence-corrected chi connectivity index (χ0v) is 10.2. The van der Waals surface area contributed by atoms with Gasteiger partial charge in [0, 0.05) is 6.42 Å². The summed E-state index contributed by atoms with van der Waals surface area (Å²) in [5.74, 6) is 0. The Labute approximate surface area is 103 Å². The fourth-order valence-electron chi connectivity index (χ4n) is 2.41. The largest absolute Gasteiger partial charge is 0.416 e. The van der Waals surface area contributed by atoms with E-state index < -0.39 is 23.4 Å². The molecule has 0 bridgehead atoms. The summed E-state index contributed by atoms with van der Waals surface area (Å²) in [6.07, 6.45) is -4.36. The standard InChI is InChI=1S/C13H15F3O2/c1-8-7-10(13(14,15)16)3-4-11(8)12(17)5-6-18-9(12)2/h3-4,7,9,17H,5-6H2,1-2H3. The number of ether oxygens (including phenoxy) is 1. The van der Waals surface area contributed by atoms with E-state index in [2.05, 4.69) is 0 Å². The summed E-state index contributed by atoms with van der Waals surface area (Å²) in [6.45, 7) is 3.72. The maximum atomic E-state index is 12.6. The molecule has 0 radical (unpaired) electrons. The molecule has 0 aliphatic carbocycles. The van der Waals surface area contributed by atoms with Gasteiger partial charge in [0.1, 0.15) is 5.60 Å². The van der Waals surface area contributed by atoms with Gasteiger partial charge in [0.05, 0.1) is 18.3 Å². The van der Waals surface area contributed by atoms with E-state index in [4.69, 9.17) is 4.74 Å². The number of benzene rings is 1. The lowest BCUT2D eigenvalue weighted by Crippen LogP contribution is -2.34. The number of aryl methyl sites for hydroxylation is 1. The lowest BCUT2D eigenvalue weighted by molar-refractivity contribution is -0.137. The van der Waals surface area contributed by atoms with Crippen molar-refractivity contribution in [1.29, 1.82) is 0 Å². The van der Waals surface area contributed by atoms with Crippen molar-refractivity contribution in [3.63, 3.8) is 0 Å². The first-order chi connectivity index (χ1) is 8.25. The first kappa shape index (κ1) is 13.4. The van der Waals surface area contributed by atoms with Crippen LogP contribution in [0.2, 0.25) is 0 Å². The van der Waals surface area contributed by atoms with Crippen molar-refractivity contribution in [3.8, 4) is 0 Å². The Morgan fingerprint density at radius 3 is 2.50 bits per heavy atom. The van der Waals surface area contributed by atoms with Gasteiger partial charge in [-0.25, -0.2) is 0 Å². The molecule has 1 aromatic rings. The summed E-state index contributed by atoms with van der Waals surface area (Å²) in [4.78, 5) is 0. The molecule has 1 aliphatic rings. The molecule has 1 aliphatic heterocycles. The summed E-state index contributed by atoms with van der Waals surface area (Å²) < 4.78 is 43.0. The van der Waals surface area contributed by atoms with Gasteiger partial charge in [-0.15, -0.1) is 0 Å². The van der Waals surface area contributed by atoms with Crippen LogP contribution in [-0.4, -0.2) is 17.8 Å². The Morgan fingerprint density at radius 1 is 1.39 bits per heavy atom. The number of aliphatic hydroxyl groups is 1. The molecule has 0 amide bonds. The molecule has 1 fully saturated rings. The minimum Gasteiger partial charge on any atom is -0.382 e. The first-order valence-electron chi connectivity index (χ1n) is 5.77. The Hall–Kier alpha value is -1.07. The fraction of sp³-hybridized carbons (Fsp3) is 0.538. The number of hydrogen-bond acceptors (Lipinski definition) is 2. The van der Waals surface area contributed by atoms with Crippen LogP contribution in [0.4, 0.5) is 13.2 Å². The van der Waals surface area contributed by atoms with Gasteiger partial charge in [-0.05, 0) is 37.1 Å². The van der Waals surface area contributed by atoms with Gasteiger partial charge in [0.2, 0.25) is 0 Å². The van der Waals surface area contributed by atoms with E-state index in [1.165, 1.54) is 6.07 Å². The van der Waals surface area contributed by atoms with E-state index in [9.17, 15) is 18.3 Å². The van der Waals surface area contributed by atoms with E-state index in [-0.39, 0.29) is 0 Å². The molecule has 0 saturated carbocycles. The van der Waals surface area contributed by atoms with E-state index in [0.717, 1.165) is 12.1 Å². The number of alkyl halides is 3. The van der Waals surface area contributed by atoms with Crippen LogP contribution in [0, 0.1) is 6.92 Å². The van der Waals surface area contributed by atoms with Crippen LogP contribution in [0.25, 0.3) is 0 Å². The summed E-state index contributed by atoms with van der Waals surface area (Å²) in [5, 5.41) is 10.5. The molecule has 1 saturated heterocycles. The first-order valence-corrected chi connectivity index (χ1v) is 5.77. The third-order valence-corrected chi connectivity index (χ3v) is 3.54. The van der Waals surface area contributed by atoms with Gasteiger partial charge < -0.3 is 9.84 Å². The summed E-state index contributed by atoms with van der Waals surface area (Å²) in [5.41, 5.74) is -0.933. The lowest BCUT2D eigenvalue weighted by Gasteiger charge is -2.28. The van der Waals surface area contributed by atoms with Gasteiger partial charge in [0.15, 0.2) is 0 Å². The van der Waals surface area contributed by atoms with Gasteiger partial charge in [-0.2, -0.15) is 13.2 Å². The van der Waals surface area contributed by atoms with Crippen LogP contribution >= 0.6 is 0 Å². The topological polar surface area (TPSA) is 29.5 Å². The van der Waals surface area contributed by atoms with Crippen LogP contribution in [0.1, 0.15) is 30.0 Å². The van der Waals surface area contributed by atoms with Crippen molar-refractivity contribution in [2.24, 2.45) is 0 Å². The van der Waals surface area contributed by atoms with Crippen LogP contribution in [0.15, 0.2) is 18.2 Å². The quantitative estimate of drug-likeness (QED) is 0.841. The molecule has 2 rings (SSSR count). The second-order valence-electron chi connectivity index (χ2n) is 4.71. The summed E-state index contributed by atoms with van der Waals surface area (Å²) in [6, 6.07) is 3.42. The number of halogens is 3. The summed E-state index contributed by atoms with van der Waals surface area (Å²) >= 11 is 0. The van der Waals surface area contributed by atoms with Crippen molar-refractivity contribution >= 4 is 0 Å². The molecule has 2 nitrogen and oxygen atoms in total. The molecule has 1 heterocycles. The molecule has 2 atom stereocenters. The molecule has 1 N–H and O–H groups in total. The molecule has 0 aromatic heterocycles. The van der Waals surface area contributed by atoms with Crippen LogP contribution in [-0.2, 0) is 16.5 Å². The fourth-order valence-corrected chi connectivity index (χ4v) is 2.41. The zero-order chi connectivity index (χ0) is 13.6. The predicted octanol–water partition coefficient (Wildman–Crippen LogP) is 3.01. The smallest absolute Gasteiger partial charge is 0.382 e. The average molecular weight is 260 g/mol. The number of hydrogen-bond donors (Lipinski definition) is 1. The highest BCUT2D eigenvalue weighted by molar-refractivity contribution is 5.37. The zero-order valence-electron chi connectivity index (χ0n) is 10.2. The molecule has 2 unspecified atom stereocenters. The molecular weight excluding hydrogens is 245 g/mol. The van der Waals surface area contributed by atoms with Crippen LogP contribution in [0.3, 0.4) is 0 Å². The van der Waals surface area contributed by atoms with Gasteiger partial charge in [-0.3, -0.25) is 0 Å². The normalized spacial score (nSPS) is 28.7. The Bertz CT molecular complexity index is 456. The van der Waals surface area contributed by atoms with Gasteiger partial charge in [0.25, 0.3) is 0 Å².